The highest BCUT2D eigenvalue weighted by Crippen LogP contribution is 2.13. The van der Waals surface area contributed by atoms with Crippen LogP contribution in [0.5, 0.6) is 0 Å². The minimum atomic E-state index is -4.26. The highest BCUT2D eigenvalue weighted by Gasteiger charge is 2.26. The molecular formula is C7H11F3N2O. The zero-order valence-corrected chi connectivity index (χ0v) is 7.02. The normalized spacial score (nSPS) is 11.2. The number of alkyl halides is 3. The zero-order chi connectivity index (χ0) is 10.2. The second kappa shape index (κ2) is 6.69. The third kappa shape index (κ3) is 11.2. The van der Waals surface area contributed by atoms with Gasteiger partial charge in [-0.05, 0) is 0 Å². The molecule has 0 aliphatic rings. The molecule has 13 heavy (non-hydrogen) atoms. The van der Waals surface area contributed by atoms with E-state index in [2.05, 4.69) is 10.1 Å². The minimum absolute atomic E-state index is 0.00490. The second-order valence-electron chi connectivity index (χ2n) is 2.33. The van der Waals surface area contributed by atoms with Crippen molar-refractivity contribution in [3.8, 4) is 6.07 Å². The predicted molar refractivity (Wildman–Crippen MR) is 40.0 cm³/mol. The van der Waals surface area contributed by atoms with E-state index in [1.54, 1.807) is 0 Å². The van der Waals surface area contributed by atoms with Crippen molar-refractivity contribution in [3.05, 3.63) is 0 Å². The van der Waals surface area contributed by atoms with Gasteiger partial charge in [-0.2, -0.15) is 18.4 Å². The van der Waals surface area contributed by atoms with Gasteiger partial charge in [-0.25, -0.2) is 0 Å². The SMILES string of the molecule is N#CCCNCCOCC(F)(F)F. The summed E-state index contributed by atoms with van der Waals surface area (Å²) in [6, 6.07) is 1.90. The Morgan fingerprint density at radius 1 is 1.31 bits per heavy atom. The van der Waals surface area contributed by atoms with Crippen LogP contribution in [0.3, 0.4) is 0 Å². The summed E-state index contributed by atoms with van der Waals surface area (Å²) in [5.74, 6) is 0. The van der Waals surface area contributed by atoms with E-state index in [0.717, 1.165) is 0 Å². The molecule has 0 spiro atoms. The topological polar surface area (TPSA) is 45.0 Å². The van der Waals surface area contributed by atoms with Crippen LogP contribution in [-0.2, 0) is 4.74 Å². The summed E-state index contributed by atoms with van der Waals surface area (Å²) in [6.07, 6.45) is -3.91. The van der Waals surface area contributed by atoms with Crippen LogP contribution in [0.2, 0.25) is 0 Å². The van der Waals surface area contributed by atoms with Gasteiger partial charge in [0, 0.05) is 19.5 Å². The Bertz CT molecular complexity index is 164. The number of hydrogen-bond donors (Lipinski definition) is 1. The Kier molecular flexibility index (Phi) is 6.28. The van der Waals surface area contributed by atoms with Crippen molar-refractivity contribution in [2.45, 2.75) is 12.6 Å². The first-order valence-corrected chi connectivity index (χ1v) is 3.78. The first kappa shape index (κ1) is 12.2. The highest BCUT2D eigenvalue weighted by atomic mass is 19.4. The summed E-state index contributed by atoms with van der Waals surface area (Å²) in [7, 11) is 0. The van der Waals surface area contributed by atoms with Crippen LogP contribution in [0.15, 0.2) is 0 Å². The van der Waals surface area contributed by atoms with E-state index < -0.39 is 12.8 Å². The molecule has 76 valence electrons. The second-order valence-corrected chi connectivity index (χ2v) is 2.33. The molecule has 0 bridgehead atoms. The van der Waals surface area contributed by atoms with Crippen molar-refractivity contribution in [1.82, 2.24) is 5.32 Å². The van der Waals surface area contributed by atoms with E-state index in [-0.39, 0.29) is 6.61 Å². The molecule has 0 aliphatic heterocycles. The van der Waals surface area contributed by atoms with Gasteiger partial charge in [-0.3, -0.25) is 0 Å². The van der Waals surface area contributed by atoms with Gasteiger partial charge in [0.1, 0.15) is 6.61 Å². The average molecular weight is 196 g/mol. The number of rotatable bonds is 6. The van der Waals surface area contributed by atoms with E-state index in [4.69, 9.17) is 5.26 Å². The molecule has 0 saturated carbocycles. The summed E-state index contributed by atoms with van der Waals surface area (Å²) < 4.78 is 38.8. The molecule has 0 aromatic rings. The standard InChI is InChI=1S/C7H11F3N2O/c8-7(9,10)6-13-5-4-12-3-1-2-11/h12H,1,3-6H2. The zero-order valence-electron chi connectivity index (χ0n) is 7.02. The van der Waals surface area contributed by atoms with E-state index in [1.807, 2.05) is 6.07 Å². The summed E-state index contributed by atoms with van der Waals surface area (Å²) in [6.45, 7) is -0.401. The number of hydrogen-bond acceptors (Lipinski definition) is 3. The van der Waals surface area contributed by atoms with Gasteiger partial charge in [0.25, 0.3) is 0 Å². The number of ether oxygens (including phenoxy) is 1. The van der Waals surface area contributed by atoms with Gasteiger partial charge in [0.15, 0.2) is 0 Å². The molecule has 0 rings (SSSR count). The molecule has 3 nitrogen and oxygen atoms in total. The van der Waals surface area contributed by atoms with E-state index in [0.29, 0.717) is 19.5 Å². The maximum atomic E-state index is 11.5. The van der Waals surface area contributed by atoms with Crippen molar-refractivity contribution < 1.29 is 17.9 Å². The first-order valence-electron chi connectivity index (χ1n) is 3.78. The minimum Gasteiger partial charge on any atom is -0.371 e. The molecule has 6 heteroatoms. The fraction of sp³-hybridized carbons (Fsp3) is 0.857. The molecule has 0 unspecified atom stereocenters. The maximum absolute atomic E-state index is 11.5. The lowest BCUT2D eigenvalue weighted by atomic mass is 10.4. The van der Waals surface area contributed by atoms with Gasteiger partial charge in [0.2, 0.25) is 0 Å². The molecule has 1 N–H and O–H groups in total. The molecule has 0 atom stereocenters. The summed E-state index contributed by atoms with van der Waals surface area (Å²) in [5, 5.41) is 10.9. The lowest BCUT2D eigenvalue weighted by molar-refractivity contribution is -0.173. The van der Waals surface area contributed by atoms with E-state index in [1.165, 1.54) is 0 Å². The third-order valence-electron chi connectivity index (χ3n) is 1.10. The number of nitrogens with zero attached hydrogens (tertiary/aromatic N) is 1. The monoisotopic (exact) mass is 196 g/mol. The average Bonchev–Trinajstić information content (AvgIpc) is 2.01. The fourth-order valence-corrected chi connectivity index (χ4v) is 0.602. The van der Waals surface area contributed by atoms with Crippen molar-refractivity contribution in [2.24, 2.45) is 0 Å². The van der Waals surface area contributed by atoms with Crippen LogP contribution in [0.25, 0.3) is 0 Å². The number of nitrogens with one attached hydrogen (secondary N) is 1. The van der Waals surface area contributed by atoms with Gasteiger partial charge in [-0.15, -0.1) is 0 Å². The molecular weight excluding hydrogens is 185 g/mol. The summed E-state index contributed by atoms with van der Waals surface area (Å²) in [5.41, 5.74) is 0. The van der Waals surface area contributed by atoms with Crippen molar-refractivity contribution in [2.75, 3.05) is 26.3 Å². The van der Waals surface area contributed by atoms with Crippen LogP contribution in [0.1, 0.15) is 6.42 Å². The van der Waals surface area contributed by atoms with Crippen molar-refractivity contribution in [1.29, 1.82) is 5.26 Å². The van der Waals surface area contributed by atoms with Crippen LogP contribution in [-0.4, -0.2) is 32.5 Å². The predicted octanol–water partition coefficient (Wildman–Crippen LogP) is 1.07. The van der Waals surface area contributed by atoms with E-state index in [9.17, 15) is 13.2 Å². The Labute approximate surface area is 74.5 Å². The van der Waals surface area contributed by atoms with Gasteiger partial charge in [0.05, 0.1) is 12.7 Å². The van der Waals surface area contributed by atoms with Crippen LogP contribution in [0.4, 0.5) is 13.2 Å². The number of nitriles is 1. The van der Waals surface area contributed by atoms with Crippen LogP contribution in [0, 0.1) is 11.3 Å². The smallest absolute Gasteiger partial charge is 0.371 e. The summed E-state index contributed by atoms with van der Waals surface area (Å²) >= 11 is 0. The van der Waals surface area contributed by atoms with Crippen LogP contribution >= 0.6 is 0 Å². The first-order chi connectivity index (χ1) is 6.06. The molecule has 0 aromatic heterocycles. The quantitative estimate of drug-likeness (QED) is 0.646. The molecule has 0 saturated heterocycles. The summed E-state index contributed by atoms with van der Waals surface area (Å²) in [4.78, 5) is 0. The maximum Gasteiger partial charge on any atom is 0.411 e. The van der Waals surface area contributed by atoms with Gasteiger partial charge >= 0.3 is 6.18 Å². The Morgan fingerprint density at radius 2 is 2.00 bits per heavy atom. The molecule has 0 heterocycles. The molecule has 0 fully saturated rings. The largest absolute Gasteiger partial charge is 0.411 e. The van der Waals surface area contributed by atoms with Crippen LogP contribution < -0.4 is 5.32 Å². The Morgan fingerprint density at radius 3 is 2.54 bits per heavy atom. The molecule has 0 radical (unpaired) electrons. The number of halogens is 3. The molecule has 0 amide bonds. The van der Waals surface area contributed by atoms with Gasteiger partial charge < -0.3 is 10.1 Å². The van der Waals surface area contributed by atoms with Crippen molar-refractivity contribution >= 4 is 0 Å². The molecule has 0 aliphatic carbocycles. The Balaban J connectivity index is 3.05. The Hall–Kier alpha value is -0.800. The van der Waals surface area contributed by atoms with Crippen molar-refractivity contribution in [3.63, 3.8) is 0 Å². The lowest BCUT2D eigenvalue weighted by Gasteiger charge is -2.07. The third-order valence-corrected chi connectivity index (χ3v) is 1.10. The molecule has 0 aromatic carbocycles. The fourth-order valence-electron chi connectivity index (χ4n) is 0.602. The lowest BCUT2D eigenvalue weighted by Crippen LogP contribution is -2.24. The van der Waals surface area contributed by atoms with Gasteiger partial charge in [-0.1, -0.05) is 0 Å². The highest BCUT2D eigenvalue weighted by molar-refractivity contribution is 4.69. The van der Waals surface area contributed by atoms with E-state index >= 15 is 0 Å².